The van der Waals surface area contributed by atoms with Crippen LogP contribution in [0.25, 0.3) is 0 Å². The predicted octanol–water partition coefficient (Wildman–Crippen LogP) is 3.97. The Morgan fingerprint density at radius 1 is 1.00 bits per heavy atom. The van der Waals surface area contributed by atoms with Crippen LogP contribution < -0.4 is 14.9 Å². The highest BCUT2D eigenvalue weighted by Gasteiger charge is 2.11. The molecule has 0 atom stereocenters. The Kier molecular flexibility index (Phi) is 5.98. The minimum absolute atomic E-state index is 0.0953. The quantitative estimate of drug-likeness (QED) is 0.767. The number of anilines is 4. The number of sulfonamides is 1. The first kappa shape index (κ1) is 18.5. The number of nitrogens with zero attached hydrogens (tertiary/aromatic N) is 2. The molecule has 2 N–H and O–H groups in total. The first-order valence-corrected chi connectivity index (χ1v) is 10.8. The molecule has 2 heterocycles. The molecule has 3 rings (SSSR count). The maximum absolute atomic E-state index is 11.8. The summed E-state index contributed by atoms with van der Waals surface area (Å²) >= 11 is 0. The Balaban J connectivity index is 1.60. The molecule has 0 spiro atoms. The first-order chi connectivity index (χ1) is 12.6. The summed E-state index contributed by atoms with van der Waals surface area (Å²) in [6.07, 6.45) is 6.05. The zero-order valence-electron chi connectivity index (χ0n) is 15.1. The van der Waals surface area contributed by atoms with Crippen molar-refractivity contribution in [3.63, 3.8) is 0 Å². The van der Waals surface area contributed by atoms with Gasteiger partial charge in [0.1, 0.15) is 5.82 Å². The summed E-state index contributed by atoms with van der Waals surface area (Å²) in [6, 6.07) is 11.9. The van der Waals surface area contributed by atoms with Gasteiger partial charge in [-0.3, -0.25) is 4.72 Å². The average molecular weight is 375 g/mol. The lowest BCUT2D eigenvalue weighted by molar-refractivity contribution is 0.578. The van der Waals surface area contributed by atoms with E-state index in [-0.39, 0.29) is 5.75 Å². The Hall–Kier alpha value is -2.28. The summed E-state index contributed by atoms with van der Waals surface area (Å²) < 4.78 is 26.0. The fourth-order valence-electron chi connectivity index (χ4n) is 3.08. The molecule has 1 saturated heterocycles. The zero-order chi connectivity index (χ0) is 18.4. The largest absolute Gasteiger partial charge is 0.372 e. The van der Waals surface area contributed by atoms with E-state index in [0.717, 1.165) is 24.5 Å². The molecule has 6 nitrogen and oxygen atoms in total. The second-order valence-electron chi connectivity index (χ2n) is 6.57. The van der Waals surface area contributed by atoms with E-state index in [1.807, 2.05) is 13.0 Å². The van der Waals surface area contributed by atoms with Crippen molar-refractivity contribution in [3.8, 4) is 0 Å². The van der Waals surface area contributed by atoms with E-state index < -0.39 is 10.0 Å². The molecular weight excluding hydrogens is 348 g/mol. The van der Waals surface area contributed by atoms with Crippen molar-refractivity contribution < 1.29 is 8.42 Å². The molecule has 1 aliphatic rings. The summed E-state index contributed by atoms with van der Waals surface area (Å²) in [5.41, 5.74) is 3.05. The molecule has 2 aromatic rings. The SMILES string of the molecule is CCCS(=O)(=O)Nc1ccc(Nc2ccc(N3CCCCC3)cc2)cn1. The summed E-state index contributed by atoms with van der Waals surface area (Å²) in [7, 11) is -3.31. The minimum Gasteiger partial charge on any atom is -0.372 e. The lowest BCUT2D eigenvalue weighted by Crippen LogP contribution is -2.29. The number of hydrogen-bond donors (Lipinski definition) is 2. The molecular formula is C19H26N4O2S. The lowest BCUT2D eigenvalue weighted by Gasteiger charge is -2.28. The van der Waals surface area contributed by atoms with Crippen molar-refractivity contribution in [1.82, 2.24) is 4.98 Å². The van der Waals surface area contributed by atoms with Gasteiger partial charge in [0.2, 0.25) is 10.0 Å². The number of aromatic nitrogens is 1. The molecule has 0 unspecified atom stereocenters. The van der Waals surface area contributed by atoms with E-state index in [2.05, 4.69) is 44.2 Å². The van der Waals surface area contributed by atoms with Crippen molar-refractivity contribution in [3.05, 3.63) is 42.6 Å². The molecule has 0 bridgehead atoms. The monoisotopic (exact) mass is 374 g/mol. The Morgan fingerprint density at radius 3 is 2.31 bits per heavy atom. The number of pyridine rings is 1. The summed E-state index contributed by atoms with van der Waals surface area (Å²) in [4.78, 5) is 6.59. The molecule has 7 heteroatoms. The van der Waals surface area contributed by atoms with Gasteiger partial charge in [-0.1, -0.05) is 6.92 Å². The molecule has 1 aliphatic heterocycles. The van der Waals surface area contributed by atoms with Crippen LogP contribution in [0.1, 0.15) is 32.6 Å². The lowest BCUT2D eigenvalue weighted by atomic mass is 10.1. The molecule has 140 valence electrons. The molecule has 0 amide bonds. The van der Waals surface area contributed by atoms with Gasteiger partial charge in [-0.15, -0.1) is 0 Å². The van der Waals surface area contributed by atoms with Crippen LogP contribution in [-0.4, -0.2) is 32.2 Å². The van der Waals surface area contributed by atoms with Crippen molar-refractivity contribution >= 4 is 32.9 Å². The highest BCUT2D eigenvalue weighted by molar-refractivity contribution is 7.92. The molecule has 1 aromatic carbocycles. The molecule has 1 aromatic heterocycles. The van der Waals surface area contributed by atoms with E-state index in [4.69, 9.17) is 0 Å². The van der Waals surface area contributed by atoms with Crippen LogP contribution >= 0.6 is 0 Å². The summed E-state index contributed by atoms with van der Waals surface area (Å²) in [6.45, 7) is 4.09. The van der Waals surface area contributed by atoms with Crippen LogP contribution in [0.5, 0.6) is 0 Å². The highest BCUT2D eigenvalue weighted by atomic mass is 32.2. The van der Waals surface area contributed by atoms with Crippen LogP contribution in [0.15, 0.2) is 42.6 Å². The topological polar surface area (TPSA) is 74.3 Å². The van der Waals surface area contributed by atoms with E-state index in [1.54, 1.807) is 12.3 Å². The summed E-state index contributed by atoms with van der Waals surface area (Å²) in [5, 5.41) is 3.29. The van der Waals surface area contributed by atoms with Crippen molar-refractivity contribution in [2.45, 2.75) is 32.6 Å². The molecule has 26 heavy (non-hydrogen) atoms. The Labute approximate surface area is 155 Å². The van der Waals surface area contributed by atoms with Gasteiger partial charge in [-0.25, -0.2) is 13.4 Å². The number of benzene rings is 1. The van der Waals surface area contributed by atoms with Crippen molar-refractivity contribution in [2.24, 2.45) is 0 Å². The van der Waals surface area contributed by atoms with Crippen LogP contribution in [-0.2, 0) is 10.0 Å². The van der Waals surface area contributed by atoms with Gasteiger partial charge in [0.25, 0.3) is 0 Å². The predicted molar refractivity (Wildman–Crippen MR) is 108 cm³/mol. The fraction of sp³-hybridized carbons (Fsp3) is 0.421. The molecule has 0 aliphatic carbocycles. The third-order valence-corrected chi connectivity index (χ3v) is 5.84. The van der Waals surface area contributed by atoms with Gasteiger partial charge in [0, 0.05) is 24.5 Å². The number of piperidine rings is 1. The third kappa shape index (κ3) is 5.11. The van der Waals surface area contributed by atoms with Gasteiger partial charge in [0.05, 0.1) is 17.6 Å². The molecule has 1 fully saturated rings. The van der Waals surface area contributed by atoms with Gasteiger partial charge >= 0.3 is 0 Å². The minimum atomic E-state index is -3.31. The van der Waals surface area contributed by atoms with Crippen LogP contribution in [0.4, 0.5) is 22.9 Å². The Morgan fingerprint density at radius 2 is 1.69 bits per heavy atom. The van der Waals surface area contributed by atoms with Crippen molar-refractivity contribution in [1.29, 1.82) is 0 Å². The molecule has 0 radical (unpaired) electrons. The van der Waals surface area contributed by atoms with Gasteiger partial charge in [-0.05, 0) is 62.1 Å². The van der Waals surface area contributed by atoms with Crippen LogP contribution in [0.2, 0.25) is 0 Å². The second-order valence-corrected chi connectivity index (χ2v) is 8.41. The zero-order valence-corrected chi connectivity index (χ0v) is 15.9. The average Bonchev–Trinajstić information content (AvgIpc) is 2.64. The van der Waals surface area contributed by atoms with E-state index in [0.29, 0.717) is 12.2 Å². The third-order valence-electron chi connectivity index (χ3n) is 4.37. The van der Waals surface area contributed by atoms with Gasteiger partial charge < -0.3 is 10.2 Å². The summed E-state index contributed by atoms with van der Waals surface area (Å²) in [5.74, 6) is 0.433. The van der Waals surface area contributed by atoms with Crippen molar-refractivity contribution in [2.75, 3.05) is 33.8 Å². The van der Waals surface area contributed by atoms with Crippen LogP contribution in [0.3, 0.4) is 0 Å². The molecule has 0 saturated carbocycles. The normalized spacial score (nSPS) is 14.9. The van der Waals surface area contributed by atoms with Crippen LogP contribution in [0, 0.1) is 0 Å². The smallest absolute Gasteiger partial charge is 0.233 e. The number of rotatable bonds is 7. The highest BCUT2D eigenvalue weighted by Crippen LogP contribution is 2.24. The van der Waals surface area contributed by atoms with Gasteiger partial charge in [-0.2, -0.15) is 0 Å². The fourth-order valence-corrected chi connectivity index (χ4v) is 4.16. The second kappa shape index (κ2) is 8.40. The van der Waals surface area contributed by atoms with Gasteiger partial charge in [0.15, 0.2) is 0 Å². The first-order valence-electron chi connectivity index (χ1n) is 9.14. The number of nitrogens with one attached hydrogen (secondary N) is 2. The Bertz CT molecular complexity index is 798. The van der Waals surface area contributed by atoms with E-state index >= 15 is 0 Å². The number of hydrogen-bond acceptors (Lipinski definition) is 5. The maximum atomic E-state index is 11.8. The van der Waals surface area contributed by atoms with E-state index in [9.17, 15) is 8.42 Å². The van der Waals surface area contributed by atoms with E-state index in [1.165, 1.54) is 24.9 Å². The standard InChI is InChI=1S/C19H26N4O2S/c1-2-14-26(24,25)22-19-11-8-17(15-20-19)21-16-6-9-18(10-7-16)23-12-4-3-5-13-23/h6-11,15,21H,2-5,12-14H2,1H3,(H,20,22). The maximum Gasteiger partial charge on any atom is 0.233 e.